The van der Waals surface area contributed by atoms with Gasteiger partial charge in [0.15, 0.2) is 6.23 Å². The summed E-state index contributed by atoms with van der Waals surface area (Å²) >= 11 is 0. The molecule has 0 saturated carbocycles. The summed E-state index contributed by atoms with van der Waals surface area (Å²) in [7, 11) is 0. The smallest absolute Gasteiger partial charge is 0.164 e. The van der Waals surface area contributed by atoms with E-state index in [2.05, 4.69) is 15.3 Å². The van der Waals surface area contributed by atoms with E-state index in [0.29, 0.717) is 17.9 Å². The van der Waals surface area contributed by atoms with Crippen molar-refractivity contribution in [3.63, 3.8) is 0 Å². The van der Waals surface area contributed by atoms with Crippen LogP contribution in [0.4, 0.5) is 11.5 Å². The van der Waals surface area contributed by atoms with Gasteiger partial charge in [-0.15, -0.1) is 0 Å². The van der Waals surface area contributed by atoms with E-state index in [1.807, 2.05) is 60.8 Å². The summed E-state index contributed by atoms with van der Waals surface area (Å²) in [6.45, 7) is 1.84. The first-order valence-corrected chi connectivity index (χ1v) is 11.0. The summed E-state index contributed by atoms with van der Waals surface area (Å²) in [5, 5.41) is 34.2. The van der Waals surface area contributed by atoms with E-state index in [-0.39, 0.29) is 6.61 Å². The normalized spacial score (nSPS) is 22.7. The van der Waals surface area contributed by atoms with Gasteiger partial charge in [0.05, 0.1) is 11.5 Å². The third kappa shape index (κ3) is 3.98. The van der Waals surface area contributed by atoms with E-state index in [0.717, 1.165) is 27.8 Å². The number of anilines is 2. The Labute approximate surface area is 191 Å². The summed E-state index contributed by atoms with van der Waals surface area (Å²) in [6.07, 6.45) is 0.636. The van der Waals surface area contributed by atoms with Crippen molar-refractivity contribution in [3.8, 4) is 11.1 Å². The predicted molar refractivity (Wildman–Crippen MR) is 125 cm³/mol. The average Bonchev–Trinajstić information content (AvgIpc) is 3.35. The molecule has 0 bridgehead atoms. The summed E-state index contributed by atoms with van der Waals surface area (Å²) in [6, 6.07) is 17.7. The largest absolute Gasteiger partial charge is 0.396 e. The third-order valence-electron chi connectivity index (χ3n) is 6.06. The average molecular weight is 447 g/mol. The molecule has 1 aliphatic rings. The van der Waals surface area contributed by atoms with Gasteiger partial charge in [-0.25, -0.2) is 9.97 Å². The molecule has 4 atom stereocenters. The fraction of sp³-hybridized carbons (Fsp3) is 0.280. The number of nitrogens with zero attached hydrogens (tertiary/aromatic N) is 3. The van der Waals surface area contributed by atoms with Crippen LogP contribution in [0.1, 0.15) is 18.7 Å². The van der Waals surface area contributed by atoms with E-state index in [9.17, 15) is 10.2 Å². The first-order valence-electron chi connectivity index (χ1n) is 11.0. The van der Waals surface area contributed by atoms with Crippen LogP contribution >= 0.6 is 0 Å². The molecule has 8 heteroatoms. The molecule has 0 aliphatic carbocycles. The molecule has 2 aromatic heterocycles. The second-order valence-corrected chi connectivity index (χ2v) is 8.25. The minimum Gasteiger partial charge on any atom is -0.396 e. The van der Waals surface area contributed by atoms with Crippen LogP contribution in [0.2, 0.25) is 0 Å². The van der Waals surface area contributed by atoms with Crippen molar-refractivity contribution < 1.29 is 20.1 Å². The number of hydrogen-bond acceptors (Lipinski definition) is 7. The highest BCUT2D eigenvalue weighted by molar-refractivity contribution is 6.02. The molecule has 8 nitrogen and oxygen atoms in total. The van der Waals surface area contributed by atoms with Crippen LogP contribution in [0, 0.1) is 0 Å². The summed E-state index contributed by atoms with van der Waals surface area (Å²) in [4.78, 5) is 9.02. The first-order chi connectivity index (χ1) is 16.1. The van der Waals surface area contributed by atoms with Crippen LogP contribution in [-0.2, 0) is 11.2 Å². The minimum atomic E-state index is -1.08. The van der Waals surface area contributed by atoms with Gasteiger partial charge in [-0.3, -0.25) is 0 Å². The van der Waals surface area contributed by atoms with Gasteiger partial charge in [0.2, 0.25) is 0 Å². The van der Waals surface area contributed by atoms with Crippen molar-refractivity contribution in [3.05, 3.63) is 72.7 Å². The highest BCUT2D eigenvalue weighted by atomic mass is 16.6. The number of aliphatic hydroxyl groups excluding tert-OH is 3. The van der Waals surface area contributed by atoms with Crippen molar-refractivity contribution in [1.29, 1.82) is 0 Å². The Hall–Kier alpha value is -3.30. The van der Waals surface area contributed by atoms with Gasteiger partial charge in [-0.05, 0) is 36.6 Å². The zero-order chi connectivity index (χ0) is 22.9. The molecular weight excluding hydrogens is 420 g/mol. The Morgan fingerprint density at radius 2 is 1.76 bits per heavy atom. The fourth-order valence-electron chi connectivity index (χ4n) is 4.29. The Bertz CT molecular complexity index is 1240. The third-order valence-corrected chi connectivity index (χ3v) is 6.06. The monoisotopic (exact) mass is 446 g/mol. The molecule has 3 heterocycles. The number of nitrogens with one attached hydrogen (secondary N) is 1. The maximum atomic E-state index is 10.6. The molecule has 33 heavy (non-hydrogen) atoms. The van der Waals surface area contributed by atoms with Gasteiger partial charge in [0.1, 0.15) is 30.0 Å². The maximum Gasteiger partial charge on any atom is 0.164 e. The first kappa shape index (κ1) is 21.5. The highest BCUT2D eigenvalue weighted by Crippen LogP contribution is 2.39. The number of aliphatic hydroxyl groups is 3. The van der Waals surface area contributed by atoms with Crippen LogP contribution in [-0.4, -0.2) is 54.8 Å². The van der Waals surface area contributed by atoms with Gasteiger partial charge >= 0.3 is 0 Å². The second-order valence-electron chi connectivity index (χ2n) is 8.25. The number of benzene rings is 2. The molecule has 0 unspecified atom stereocenters. The lowest BCUT2D eigenvalue weighted by molar-refractivity contribution is -0.0295. The Kier molecular flexibility index (Phi) is 5.82. The van der Waals surface area contributed by atoms with Gasteiger partial charge in [0.25, 0.3) is 0 Å². The molecule has 1 fully saturated rings. The molecule has 1 aliphatic heterocycles. The molecule has 4 aromatic rings. The van der Waals surface area contributed by atoms with Crippen LogP contribution in [0.3, 0.4) is 0 Å². The van der Waals surface area contributed by atoms with Crippen molar-refractivity contribution in [1.82, 2.24) is 14.5 Å². The lowest BCUT2D eigenvalue weighted by atomic mass is 10.1. The lowest BCUT2D eigenvalue weighted by Crippen LogP contribution is -2.30. The Morgan fingerprint density at radius 3 is 2.42 bits per heavy atom. The zero-order valence-corrected chi connectivity index (χ0v) is 18.2. The summed E-state index contributed by atoms with van der Waals surface area (Å²) in [5.41, 5.74) is 4.35. The molecular formula is C25H26N4O4. The predicted octanol–water partition coefficient (Wildman–Crippen LogP) is 3.02. The minimum absolute atomic E-state index is 0.107. The van der Waals surface area contributed by atoms with Crippen LogP contribution < -0.4 is 5.32 Å². The van der Waals surface area contributed by atoms with Gasteiger partial charge in [0, 0.05) is 24.1 Å². The fourth-order valence-corrected chi connectivity index (χ4v) is 4.29. The Morgan fingerprint density at radius 1 is 1.00 bits per heavy atom. The van der Waals surface area contributed by atoms with E-state index in [1.165, 1.54) is 6.33 Å². The molecule has 1 saturated heterocycles. The standard InChI is InChI=1S/C25H26N4O4/c1-15-21(31)22(32)25(33-15)29-13-19(17-5-3-2-4-6-17)20-23(26-14-27-24(20)29)28-18-9-7-16(8-10-18)11-12-30/h2-10,13-15,21-22,25,30-32H,11-12H2,1H3,(H,26,27,28)/t15-,21-,22-,25-/m1/s1. The molecule has 0 amide bonds. The second kappa shape index (κ2) is 8.92. The quantitative estimate of drug-likeness (QED) is 0.360. The maximum absolute atomic E-state index is 10.6. The number of ether oxygens (including phenoxy) is 1. The SMILES string of the molecule is C[C@H]1O[C@@H](n2cc(-c3ccccc3)c3c(Nc4ccc(CCO)cc4)ncnc32)[C@H](O)[C@@H]1O. The number of hydrogen-bond donors (Lipinski definition) is 4. The molecule has 170 valence electrons. The Balaban J connectivity index is 1.62. The van der Waals surface area contributed by atoms with E-state index in [1.54, 1.807) is 11.5 Å². The van der Waals surface area contributed by atoms with E-state index < -0.39 is 24.5 Å². The van der Waals surface area contributed by atoms with Gasteiger partial charge < -0.3 is 29.9 Å². The molecule has 5 rings (SSSR count). The number of rotatable bonds is 6. The summed E-state index contributed by atoms with van der Waals surface area (Å²) in [5.74, 6) is 0.619. The van der Waals surface area contributed by atoms with Crippen LogP contribution in [0.25, 0.3) is 22.2 Å². The van der Waals surface area contributed by atoms with E-state index in [4.69, 9.17) is 9.84 Å². The number of fused-ring (bicyclic) bond motifs is 1. The highest BCUT2D eigenvalue weighted by Gasteiger charge is 2.42. The van der Waals surface area contributed by atoms with E-state index >= 15 is 0 Å². The van der Waals surface area contributed by atoms with Crippen LogP contribution in [0.15, 0.2) is 67.1 Å². The lowest BCUT2D eigenvalue weighted by Gasteiger charge is -2.17. The zero-order valence-electron chi connectivity index (χ0n) is 18.2. The van der Waals surface area contributed by atoms with Crippen molar-refractivity contribution >= 4 is 22.5 Å². The van der Waals surface area contributed by atoms with Crippen molar-refractivity contribution in [2.24, 2.45) is 0 Å². The van der Waals surface area contributed by atoms with Crippen LogP contribution in [0.5, 0.6) is 0 Å². The molecule has 0 spiro atoms. The molecule has 0 radical (unpaired) electrons. The molecule has 4 N–H and O–H groups in total. The van der Waals surface area contributed by atoms with Gasteiger partial charge in [-0.2, -0.15) is 0 Å². The van der Waals surface area contributed by atoms with Crippen molar-refractivity contribution in [2.75, 3.05) is 11.9 Å². The number of aromatic nitrogens is 3. The molecule has 2 aromatic carbocycles. The van der Waals surface area contributed by atoms with Crippen molar-refractivity contribution in [2.45, 2.75) is 37.9 Å². The van der Waals surface area contributed by atoms with Gasteiger partial charge in [-0.1, -0.05) is 42.5 Å². The topological polar surface area (TPSA) is 113 Å². The summed E-state index contributed by atoms with van der Waals surface area (Å²) < 4.78 is 7.66.